The average Bonchev–Trinajstić information content (AvgIpc) is 2.96. The van der Waals surface area contributed by atoms with Gasteiger partial charge in [0, 0.05) is 5.56 Å². The van der Waals surface area contributed by atoms with Crippen molar-refractivity contribution in [2.24, 2.45) is 5.92 Å². The molecule has 114 valence electrons. The zero-order valence-corrected chi connectivity index (χ0v) is 15.3. The minimum atomic E-state index is 0. The highest BCUT2D eigenvalue weighted by atomic mass is 79.9. The van der Waals surface area contributed by atoms with Gasteiger partial charge in [0.1, 0.15) is 6.20 Å². The first kappa shape index (κ1) is 16.9. The monoisotopic (exact) mass is 388 g/mol. The van der Waals surface area contributed by atoms with Crippen molar-refractivity contribution in [2.75, 3.05) is 0 Å². The van der Waals surface area contributed by atoms with Crippen LogP contribution in [0.2, 0.25) is 10.0 Å². The second kappa shape index (κ2) is 6.72. The van der Waals surface area contributed by atoms with E-state index in [-0.39, 0.29) is 17.0 Å². The van der Waals surface area contributed by atoms with E-state index in [4.69, 9.17) is 23.2 Å². The maximum Gasteiger partial charge on any atom is 0.257 e. The standard InChI is InChI=1S/C16H19Cl2N2.BrH/c1-11(2)9-19-10-15(20-7-3-4-16(19)20)12-5-6-13(17)14(18)8-12;/h5-6,8,10-11H,3-4,7,9H2,1-2H3;1H/q+1;/p-1. The highest BCUT2D eigenvalue weighted by molar-refractivity contribution is 6.42. The lowest BCUT2D eigenvalue weighted by Gasteiger charge is -2.01. The molecular formula is C16H19BrCl2N2. The molecule has 0 atom stereocenters. The lowest BCUT2D eigenvalue weighted by Crippen LogP contribution is -3.00. The van der Waals surface area contributed by atoms with Crippen LogP contribution in [0.25, 0.3) is 11.3 Å². The van der Waals surface area contributed by atoms with E-state index in [0.29, 0.717) is 16.0 Å². The number of imidazole rings is 1. The highest BCUT2D eigenvalue weighted by Crippen LogP contribution is 2.30. The Kier molecular flexibility index (Phi) is 5.39. The van der Waals surface area contributed by atoms with Gasteiger partial charge in [0.25, 0.3) is 5.82 Å². The molecule has 1 aliphatic rings. The van der Waals surface area contributed by atoms with Crippen LogP contribution in [0.3, 0.4) is 0 Å². The van der Waals surface area contributed by atoms with Crippen LogP contribution in [0.4, 0.5) is 0 Å². The number of fused-ring (bicyclic) bond motifs is 1. The van der Waals surface area contributed by atoms with Crippen LogP contribution in [-0.2, 0) is 19.5 Å². The van der Waals surface area contributed by atoms with Gasteiger partial charge >= 0.3 is 0 Å². The van der Waals surface area contributed by atoms with Crippen LogP contribution in [-0.4, -0.2) is 4.57 Å². The fourth-order valence-electron chi connectivity index (χ4n) is 2.95. The third-order valence-corrected chi connectivity index (χ3v) is 4.51. The first-order chi connectivity index (χ1) is 9.56. The van der Waals surface area contributed by atoms with Gasteiger partial charge in [-0.25, -0.2) is 9.13 Å². The molecule has 0 aliphatic carbocycles. The summed E-state index contributed by atoms with van der Waals surface area (Å²) in [7, 11) is 0. The predicted octanol–water partition coefficient (Wildman–Crippen LogP) is 1.36. The Morgan fingerprint density at radius 1 is 1.24 bits per heavy atom. The molecule has 0 radical (unpaired) electrons. The Labute approximate surface area is 146 Å². The van der Waals surface area contributed by atoms with Gasteiger partial charge < -0.3 is 17.0 Å². The topological polar surface area (TPSA) is 8.81 Å². The molecule has 1 aliphatic heterocycles. The van der Waals surface area contributed by atoms with E-state index >= 15 is 0 Å². The van der Waals surface area contributed by atoms with Gasteiger partial charge in [0.2, 0.25) is 0 Å². The van der Waals surface area contributed by atoms with Crippen molar-refractivity contribution in [1.82, 2.24) is 4.57 Å². The molecule has 0 saturated carbocycles. The van der Waals surface area contributed by atoms with Crippen molar-refractivity contribution in [1.29, 1.82) is 0 Å². The van der Waals surface area contributed by atoms with Crippen molar-refractivity contribution in [3.63, 3.8) is 0 Å². The third-order valence-electron chi connectivity index (χ3n) is 3.77. The summed E-state index contributed by atoms with van der Waals surface area (Å²) in [6.07, 6.45) is 4.64. The predicted molar refractivity (Wildman–Crippen MR) is 83.2 cm³/mol. The number of aromatic nitrogens is 2. The smallest absolute Gasteiger partial charge is 0.257 e. The lowest BCUT2D eigenvalue weighted by atomic mass is 10.1. The molecule has 2 aromatic rings. The summed E-state index contributed by atoms with van der Waals surface area (Å²) < 4.78 is 4.82. The van der Waals surface area contributed by atoms with E-state index in [0.717, 1.165) is 25.1 Å². The first-order valence-electron chi connectivity index (χ1n) is 7.13. The van der Waals surface area contributed by atoms with Crippen molar-refractivity contribution in [2.45, 2.75) is 39.8 Å². The van der Waals surface area contributed by atoms with Gasteiger partial charge in [-0.15, -0.1) is 0 Å². The molecule has 21 heavy (non-hydrogen) atoms. The van der Waals surface area contributed by atoms with Gasteiger partial charge in [-0.1, -0.05) is 37.0 Å². The van der Waals surface area contributed by atoms with Crippen LogP contribution >= 0.6 is 23.2 Å². The minimum absolute atomic E-state index is 0. The number of nitrogens with zero attached hydrogens (tertiary/aromatic N) is 2. The molecular weight excluding hydrogens is 371 g/mol. The van der Waals surface area contributed by atoms with Gasteiger partial charge in [-0.3, -0.25) is 0 Å². The number of halogens is 3. The maximum absolute atomic E-state index is 6.16. The molecule has 1 aromatic carbocycles. The molecule has 1 aromatic heterocycles. The molecule has 0 amide bonds. The second-order valence-electron chi connectivity index (χ2n) is 5.86. The van der Waals surface area contributed by atoms with Crippen molar-refractivity contribution >= 4 is 23.2 Å². The Balaban J connectivity index is 0.00000161. The van der Waals surface area contributed by atoms with E-state index in [2.05, 4.69) is 35.2 Å². The molecule has 2 nitrogen and oxygen atoms in total. The van der Waals surface area contributed by atoms with Crippen LogP contribution in [0.1, 0.15) is 26.1 Å². The fourth-order valence-corrected chi connectivity index (χ4v) is 3.24. The zero-order chi connectivity index (χ0) is 14.3. The summed E-state index contributed by atoms with van der Waals surface area (Å²) in [4.78, 5) is 0. The summed E-state index contributed by atoms with van der Waals surface area (Å²) in [5.41, 5.74) is 2.39. The van der Waals surface area contributed by atoms with Gasteiger partial charge in [-0.05, 0) is 30.5 Å². The van der Waals surface area contributed by atoms with Crippen LogP contribution < -0.4 is 21.5 Å². The quantitative estimate of drug-likeness (QED) is 0.701. The van der Waals surface area contributed by atoms with Crippen LogP contribution in [0.15, 0.2) is 24.4 Å². The third kappa shape index (κ3) is 3.30. The first-order valence-corrected chi connectivity index (χ1v) is 7.89. The van der Waals surface area contributed by atoms with E-state index in [1.165, 1.54) is 17.9 Å². The molecule has 3 rings (SSSR count). The lowest BCUT2D eigenvalue weighted by molar-refractivity contribution is -0.708. The van der Waals surface area contributed by atoms with Crippen LogP contribution in [0.5, 0.6) is 0 Å². The SMILES string of the molecule is CC(C)C[n+]1cc(-c2ccc(Cl)c(Cl)c2)n2c1CCC2.[Br-]. The summed E-state index contributed by atoms with van der Waals surface area (Å²) >= 11 is 12.2. The Morgan fingerprint density at radius 3 is 2.67 bits per heavy atom. The van der Waals surface area contributed by atoms with E-state index in [1.54, 1.807) is 0 Å². The highest BCUT2D eigenvalue weighted by Gasteiger charge is 2.28. The minimum Gasteiger partial charge on any atom is -1.00 e. The summed E-state index contributed by atoms with van der Waals surface area (Å²) in [6, 6.07) is 5.89. The average molecular weight is 390 g/mol. The Bertz CT molecular complexity index is 650. The normalized spacial score (nSPS) is 13.4. The van der Waals surface area contributed by atoms with Crippen molar-refractivity contribution in [3.05, 3.63) is 40.3 Å². The molecule has 2 heterocycles. The Morgan fingerprint density at radius 2 is 2.00 bits per heavy atom. The van der Waals surface area contributed by atoms with E-state index in [1.807, 2.05) is 12.1 Å². The zero-order valence-electron chi connectivity index (χ0n) is 12.2. The maximum atomic E-state index is 6.16. The number of benzene rings is 1. The molecule has 0 N–H and O–H groups in total. The number of rotatable bonds is 3. The molecule has 5 heteroatoms. The second-order valence-corrected chi connectivity index (χ2v) is 6.68. The van der Waals surface area contributed by atoms with E-state index < -0.39 is 0 Å². The molecule has 0 saturated heterocycles. The summed E-state index contributed by atoms with van der Waals surface area (Å²) in [5.74, 6) is 2.08. The number of hydrogen-bond acceptors (Lipinski definition) is 0. The van der Waals surface area contributed by atoms with Crippen molar-refractivity contribution in [3.8, 4) is 11.3 Å². The van der Waals surface area contributed by atoms with Gasteiger partial charge in [-0.2, -0.15) is 0 Å². The van der Waals surface area contributed by atoms with Crippen molar-refractivity contribution < 1.29 is 21.5 Å². The molecule has 0 spiro atoms. The fraction of sp³-hybridized carbons (Fsp3) is 0.438. The summed E-state index contributed by atoms with van der Waals surface area (Å²) in [5, 5.41) is 1.23. The molecule has 0 bridgehead atoms. The Hall–Kier alpha value is -0.510. The largest absolute Gasteiger partial charge is 1.00 e. The van der Waals surface area contributed by atoms with Gasteiger partial charge in [0.05, 0.1) is 29.6 Å². The number of hydrogen-bond donors (Lipinski definition) is 0. The molecule has 0 unspecified atom stereocenters. The van der Waals surface area contributed by atoms with Gasteiger partial charge in [0.15, 0.2) is 5.69 Å². The van der Waals surface area contributed by atoms with E-state index in [9.17, 15) is 0 Å². The summed E-state index contributed by atoms with van der Waals surface area (Å²) in [6.45, 7) is 6.67. The van der Waals surface area contributed by atoms with Crippen LogP contribution in [0, 0.1) is 5.92 Å². The molecule has 0 fully saturated rings.